The fourth-order valence-electron chi connectivity index (χ4n) is 2.69. The van der Waals surface area contributed by atoms with Crippen LogP contribution in [0.15, 0.2) is 60.9 Å². The molecule has 0 fully saturated rings. The largest absolute Gasteiger partial charge is 0.496 e. The van der Waals surface area contributed by atoms with Crippen LogP contribution >= 0.6 is 0 Å². The summed E-state index contributed by atoms with van der Waals surface area (Å²) in [6.07, 6.45) is 3.43. The van der Waals surface area contributed by atoms with E-state index in [1.807, 2.05) is 31.3 Å². The number of methoxy groups -OCH3 is 1. The molecule has 2 N–H and O–H groups in total. The zero-order chi connectivity index (χ0) is 18.5. The maximum Gasteiger partial charge on any atom is 0.320 e. The van der Waals surface area contributed by atoms with Crippen LogP contribution in [-0.4, -0.2) is 22.7 Å². The minimum atomic E-state index is -0.571. The molecule has 0 spiro atoms. The summed E-state index contributed by atoms with van der Waals surface area (Å²) < 4.78 is 21.0. The summed E-state index contributed by atoms with van der Waals surface area (Å²) in [4.78, 5) is 16.8. The molecule has 0 saturated carbocycles. The zero-order valence-electron chi connectivity index (χ0n) is 14.4. The van der Waals surface area contributed by atoms with Gasteiger partial charge in [-0.2, -0.15) is 0 Å². The number of benzene rings is 2. The van der Waals surface area contributed by atoms with Gasteiger partial charge in [-0.25, -0.2) is 14.2 Å². The number of hydrogen-bond acceptors (Lipinski definition) is 3. The van der Waals surface area contributed by atoms with Crippen molar-refractivity contribution < 1.29 is 13.9 Å². The van der Waals surface area contributed by atoms with E-state index >= 15 is 0 Å². The Kier molecular flexibility index (Phi) is 5.17. The van der Waals surface area contributed by atoms with E-state index in [9.17, 15) is 9.18 Å². The predicted octanol–water partition coefficient (Wildman–Crippen LogP) is 3.48. The van der Waals surface area contributed by atoms with Crippen LogP contribution < -0.4 is 15.4 Å². The molecule has 3 rings (SSSR count). The minimum Gasteiger partial charge on any atom is -0.496 e. The smallest absolute Gasteiger partial charge is 0.320 e. The fraction of sp³-hybridized carbons (Fsp3) is 0.158. The first-order valence-corrected chi connectivity index (χ1v) is 8.02. The third kappa shape index (κ3) is 3.66. The molecule has 1 aromatic heterocycles. The van der Waals surface area contributed by atoms with Crippen LogP contribution in [0, 0.1) is 5.82 Å². The molecule has 0 aliphatic carbocycles. The molecular formula is C19H19FN4O2. The fourth-order valence-corrected chi connectivity index (χ4v) is 2.69. The zero-order valence-corrected chi connectivity index (χ0v) is 14.4. The number of hydrogen-bond donors (Lipinski definition) is 2. The number of aromatic nitrogens is 2. The van der Waals surface area contributed by atoms with Crippen LogP contribution in [-0.2, 0) is 7.05 Å². The number of imidazole rings is 1. The highest BCUT2D eigenvalue weighted by atomic mass is 19.1. The molecule has 2 amide bonds. The lowest BCUT2D eigenvalue weighted by atomic mass is 10.0. The SMILES string of the molecule is COc1ccccc1[C@@H](NC(=O)Nc1ccccc1F)c1nccn1C. The van der Waals surface area contributed by atoms with Crippen molar-refractivity contribution in [3.63, 3.8) is 0 Å². The van der Waals surface area contributed by atoms with Crippen molar-refractivity contribution in [2.75, 3.05) is 12.4 Å². The van der Waals surface area contributed by atoms with Crippen LogP contribution in [0.1, 0.15) is 17.4 Å². The molecule has 1 atom stereocenters. The van der Waals surface area contributed by atoms with E-state index in [1.54, 1.807) is 36.2 Å². The molecule has 0 radical (unpaired) electrons. The number of carbonyl (C=O) groups is 1. The standard InChI is InChI=1S/C19H19FN4O2/c1-24-12-11-21-18(24)17(13-7-3-6-10-16(13)26-2)23-19(25)22-15-9-5-4-8-14(15)20/h3-12,17H,1-2H3,(H2,22,23,25)/t17-/m1/s1. The summed E-state index contributed by atoms with van der Waals surface area (Å²) in [7, 11) is 3.40. The quantitative estimate of drug-likeness (QED) is 0.737. The first-order valence-electron chi connectivity index (χ1n) is 8.02. The van der Waals surface area contributed by atoms with Crippen LogP contribution in [0.4, 0.5) is 14.9 Å². The Bertz CT molecular complexity index is 910. The number of carbonyl (C=O) groups excluding carboxylic acids is 1. The van der Waals surface area contributed by atoms with Gasteiger partial charge in [0.25, 0.3) is 0 Å². The van der Waals surface area contributed by atoms with Crippen molar-refractivity contribution in [3.8, 4) is 5.75 Å². The number of nitrogens with one attached hydrogen (secondary N) is 2. The van der Waals surface area contributed by atoms with E-state index in [1.165, 1.54) is 12.1 Å². The summed E-state index contributed by atoms with van der Waals surface area (Å²) in [5.41, 5.74) is 0.844. The molecule has 3 aromatic rings. The highest BCUT2D eigenvalue weighted by Crippen LogP contribution is 2.29. The lowest BCUT2D eigenvalue weighted by Gasteiger charge is -2.21. The van der Waals surface area contributed by atoms with Gasteiger partial charge in [0, 0.05) is 25.0 Å². The van der Waals surface area contributed by atoms with Gasteiger partial charge in [-0.3, -0.25) is 0 Å². The number of halogens is 1. The average Bonchev–Trinajstić information content (AvgIpc) is 3.07. The number of urea groups is 1. The lowest BCUT2D eigenvalue weighted by molar-refractivity contribution is 0.249. The summed E-state index contributed by atoms with van der Waals surface area (Å²) in [5.74, 6) is 0.735. The summed E-state index contributed by atoms with van der Waals surface area (Å²) >= 11 is 0. The first kappa shape index (κ1) is 17.5. The number of amides is 2. The number of para-hydroxylation sites is 2. The highest BCUT2D eigenvalue weighted by Gasteiger charge is 2.24. The van der Waals surface area contributed by atoms with E-state index < -0.39 is 17.9 Å². The molecule has 7 heteroatoms. The number of nitrogens with zero attached hydrogens (tertiary/aromatic N) is 2. The van der Waals surface area contributed by atoms with Gasteiger partial charge in [0.1, 0.15) is 23.4 Å². The average molecular weight is 354 g/mol. The number of ether oxygens (including phenoxy) is 1. The number of anilines is 1. The van der Waals surface area contributed by atoms with Gasteiger partial charge in [-0.1, -0.05) is 30.3 Å². The van der Waals surface area contributed by atoms with Gasteiger partial charge in [-0.15, -0.1) is 0 Å². The molecule has 26 heavy (non-hydrogen) atoms. The molecule has 134 valence electrons. The maximum atomic E-state index is 13.8. The van der Waals surface area contributed by atoms with Crippen molar-refractivity contribution >= 4 is 11.7 Å². The summed E-state index contributed by atoms with van der Waals surface area (Å²) in [5, 5.41) is 5.37. The van der Waals surface area contributed by atoms with Crippen molar-refractivity contribution in [2.45, 2.75) is 6.04 Å². The second-order valence-electron chi connectivity index (χ2n) is 5.65. The van der Waals surface area contributed by atoms with Crippen molar-refractivity contribution in [1.29, 1.82) is 0 Å². The van der Waals surface area contributed by atoms with Gasteiger partial charge in [0.15, 0.2) is 0 Å². The summed E-state index contributed by atoms with van der Waals surface area (Å²) in [6.45, 7) is 0. The van der Waals surface area contributed by atoms with Gasteiger partial charge in [0.2, 0.25) is 0 Å². The number of rotatable bonds is 5. The Hall–Kier alpha value is -3.35. The van der Waals surface area contributed by atoms with E-state index in [-0.39, 0.29) is 5.69 Å². The Morgan fingerprint density at radius 1 is 1.19 bits per heavy atom. The van der Waals surface area contributed by atoms with E-state index in [4.69, 9.17) is 4.74 Å². The lowest BCUT2D eigenvalue weighted by Crippen LogP contribution is -2.35. The molecule has 2 aromatic carbocycles. The predicted molar refractivity (Wildman–Crippen MR) is 96.6 cm³/mol. The second kappa shape index (κ2) is 7.69. The van der Waals surface area contributed by atoms with Crippen LogP contribution in [0.25, 0.3) is 0 Å². The maximum absolute atomic E-state index is 13.8. The Morgan fingerprint density at radius 2 is 1.92 bits per heavy atom. The topological polar surface area (TPSA) is 68.2 Å². The van der Waals surface area contributed by atoms with Crippen molar-refractivity contribution in [1.82, 2.24) is 14.9 Å². The molecule has 0 aliphatic heterocycles. The van der Waals surface area contributed by atoms with Gasteiger partial charge >= 0.3 is 6.03 Å². The van der Waals surface area contributed by atoms with Gasteiger partial charge < -0.3 is 19.9 Å². The molecule has 6 nitrogen and oxygen atoms in total. The van der Waals surface area contributed by atoms with E-state index in [2.05, 4.69) is 15.6 Å². The first-order chi connectivity index (χ1) is 12.6. The normalized spacial score (nSPS) is 11.7. The monoisotopic (exact) mass is 354 g/mol. The number of aryl methyl sites for hydroxylation is 1. The minimum absolute atomic E-state index is 0.101. The third-order valence-electron chi connectivity index (χ3n) is 3.96. The van der Waals surface area contributed by atoms with E-state index in [0.717, 1.165) is 5.56 Å². The second-order valence-corrected chi connectivity index (χ2v) is 5.65. The highest BCUT2D eigenvalue weighted by molar-refractivity contribution is 5.89. The van der Waals surface area contributed by atoms with Crippen LogP contribution in [0.3, 0.4) is 0 Å². The Labute approximate surface area is 150 Å². The molecule has 0 bridgehead atoms. The van der Waals surface area contributed by atoms with Gasteiger partial charge in [-0.05, 0) is 18.2 Å². The summed E-state index contributed by atoms with van der Waals surface area (Å²) in [6, 6.07) is 12.2. The van der Waals surface area contributed by atoms with Crippen molar-refractivity contribution in [3.05, 3.63) is 78.1 Å². The van der Waals surface area contributed by atoms with Crippen LogP contribution in [0.5, 0.6) is 5.75 Å². The van der Waals surface area contributed by atoms with Gasteiger partial charge in [0.05, 0.1) is 12.8 Å². The van der Waals surface area contributed by atoms with Crippen LogP contribution in [0.2, 0.25) is 0 Å². The molecule has 1 heterocycles. The van der Waals surface area contributed by atoms with E-state index in [0.29, 0.717) is 11.6 Å². The molecule has 0 unspecified atom stereocenters. The molecule has 0 aliphatic rings. The Morgan fingerprint density at radius 3 is 2.62 bits per heavy atom. The molecular weight excluding hydrogens is 335 g/mol. The molecule has 0 saturated heterocycles. The third-order valence-corrected chi connectivity index (χ3v) is 3.96. The Balaban J connectivity index is 1.91. The van der Waals surface area contributed by atoms with Crippen molar-refractivity contribution in [2.24, 2.45) is 7.05 Å².